The number of benzene rings is 1. The van der Waals surface area contributed by atoms with E-state index in [9.17, 15) is 9.59 Å². The van der Waals surface area contributed by atoms with Crippen LogP contribution in [0.1, 0.15) is 19.4 Å². The molecule has 0 saturated carbocycles. The average Bonchev–Trinajstić information content (AvgIpc) is 2.54. The molecule has 126 valence electrons. The highest BCUT2D eigenvalue weighted by atomic mass is 32.2. The van der Waals surface area contributed by atoms with Crippen LogP contribution in [0, 0.1) is 0 Å². The van der Waals surface area contributed by atoms with Gasteiger partial charge in [-0.1, -0.05) is 17.8 Å². The summed E-state index contributed by atoms with van der Waals surface area (Å²) in [5.41, 5.74) is 0.962. The first kappa shape index (κ1) is 17.9. The molecule has 1 aromatic heterocycles. The second-order valence-corrected chi connectivity index (χ2v) is 5.89. The molecule has 2 rings (SSSR count). The van der Waals surface area contributed by atoms with E-state index in [4.69, 9.17) is 9.47 Å². The zero-order chi connectivity index (χ0) is 17.5. The van der Waals surface area contributed by atoms with E-state index >= 15 is 0 Å². The van der Waals surface area contributed by atoms with E-state index in [0.29, 0.717) is 0 Å². The SMILES string of the molecule is CSc1cc[n+](CCc2ccc(OC(C)=O)c(OC(C)=O)c2)cn1. The minimum absolute atomic E-state index is 0.236. The van der Waals surface area contributed by atoms with Crippen molar-refractivity contribution in [3.8, 4) is 11.5 Å². The van der Waals surface area contributed by atoms with Crippen LogP contribution in [0.2, 0.25) is 0 Å². The van der Waals surface area contributed by atoms with E-state index in [2.05, 4.69) is 4.98 Å². The number of nitrogens with zero attached hydrogens (tertiary/aromatic N) is 2. The largest absolute Gasteiger partial charge is 0.423 e. The lowest BCUT2D eigenvalue weighted by molar-refractivity contribution is -0.699. The highest BCUT2D eigenvalue weighted by Gasteiger charge is 2.12. The quantitative estimate of drug-likeness (QED) is 0.262. The van der Waals surface area contributed by atoms with Crippen LogP contribution < -0.4 is 14.0 Å². The van der Waals surface area contributed by atoms with E-state index in [1.165, 1.54) is 13.8 Å². The molecular formula is C17H19N2O4S+. The Morgan fingerprint density at radius 2 is 1.83 bits per heavy atom. The van der Waals surface area contributed by atoms with Crippen LogP contribution in [0.4, 0.5) is 0 Å². The van der Waals surface area contributed by atoms with E-state index in [1.54, 1.807) is 30.2 Å². The van der Waals surface area contributed by atoms with Gasteiger partial charge in [-0.25, -0.2) is 4.57 Å². The fourth-order valence-corrected chi connectivity index (χ4v) is 2.41. The van der Waals surface area contributed by atoms with Crippen LogP contribution >= 0.6 is 11.8 Å². The maximum Gasteiger partial charge on any atom is 0.308 e. The van der Waals surface area contributed by atoms with Gasteiger partial charge in [0.25, 0.3) is 6.33 Å². The average molecular weight is 347 g/mol. The van der Waals surface area contributed by atoms with Gasteiger partial charge in [0.1, 0.15) is 0 Å². The molecule has 0 saturated heterocycles. The number of hydrogen-bond donors (Lipinski definition) is 0. The minimum atomic E-state index is -0.466. The Morgan fingerprint density at radius 1 is 1.12 bits per heavy atom. The summed E-state index contributed by atoms with van der Waals surface area (Å²) in [4.78, 5) is 26.7. The Labute approximate surface area is 144 Å². The molecule has 0 bridgehead atoms. The number of aryl methyl sites for hydroxylation is 2. The van der Waals surface area contributed by atoms with E-state index in [0.717, 1.165) is 23.6 Å². The molecular weight excluding hydrogens is 328 g/mol. The summed E-state index contributed by atoms with van der Waals surface area (Å²) in [6, 6.07) is 7.15. The lowest BCUT2D eigenvalue weighted by atomic mass is 10.1. The normalized spacial score (nSPS) is 10.3. The Morgan fingerprint density at radius 3 is 2.42 bits per heavy atom. The third-order valence-electron chi connectivity index (χ3n) is 3.13. The lowest BCUT2D eigenvalue weighted by Crippen LogP contribution is -2.34. The highest BCUT2D eigenvalue weighted by molar-refractivity contribution is 7.98. The van der Waals surface area contributed by atoms with Crippen molar-refractivity contribution < 1.29 is 23.6 Å². The van der Waals surface area contributed by atoms with Crippen molar-refractivity contribution in [2.45, 2.75) is 31.8 Å². The van der Waals surface area contributed by atoms with Crippen molar-refractivity contribution >= 4 is 23.7 Å². The van der Waals surface area contributed by atoms with Crippen LogP contribution in [0.5, 0.6) is 11.5 Å². The molecule has 0 atom stereocenters. The summed E-state index contributed by atoms with van der Waals surface area (Å²) in [5.74, 6) is -0.449. The first-order chi connectivity index (χ1) is 11.5. The Bertz CT molecular complexity index is 732. The molecule has 1 heterocycles. The summed E-state index contributed by atoms with van der Waals surface area (Å²) in [7, 11) is 0. The van der Waals surface area contributed by atoms with Gasteiger partial charge in [-0.3, -0.25) is 9.59 Å². The van der Waals surface area contributed by atoms with Gasteiger partial charge >= 0.3 is 11.9 Å². The summed E-state index contributed by atoms with van der Waals surface area (Å²) >= 11 is 1.59. The molecule has 0 aliphatic heterocycles. The predicted molar refractivity (Wildman–Crippen MR) is 89.0 cm³/mol. The molecule has 0 amide bonds. The minimum Gasteiger partial charge on any atom is -0.423 e. The van der Waals surface area contributed by atoms with Crippen molar-refractivity contribution in [3.05, 3.63) is 42.4 Å². The zero-order valence-corrected chi connectivity index (χ0v) is 14.6. The maximum atomic E-state index is 11.2. The standard InChI is InChI=1S/C17H19N2O4S/c1-12(20)22-15-5-4-14(10-16(15)23-13(2)21)6-8-19-9-7-17(24-3)18-11-19/h4-5,7,9-11H,6,8H2,1-3H3/q+1. The van der Waals surface area contributed by atoms with E-state index in [-0.39, 0.29) is 11.5 Å². The van der Waals surface area contributed by atoms with E-state index in [1.807, 2.05) is 29.2 Å². The number of esters is 2. The van der Waals surface area contributed by atoms with Crippen LogP contribution in [0.3, 0.4) is 0 Å². The fraction of sp³-hybridized carbons (Fsp3) is 0.294. The van der Waals surface area contributed by atoms with Gasteiger partial charge in [-0.2, -0.15) is 0 Å². The molecule has 0 unspecified atom stereocenters. The van der Waals surface area contributed by atoms with Gasteiger partial charge in [0, 0.05) is 26.3 Å². The monoisotopic (exact) mass is 347 g/mol. The Balaban J connectivity index is 2.11. The number of thioether (sulfide) groups is 1. The van der Waals surface area contributed by atoms with Crippen molar-refractivity contribution in [1.29, 1.82) is 0 Å². The molecule has 0 fully saturated rings. The second kappa shape index (κ2) is 8.44. The molecule has 6 nitrogen and oxygen atoms in total. The number of carbonyl (C=O) groups excluding carboxylic acids is 2. The predicted octanol–water partition coefficient (Wildman–Crippen LogP) is 2.18. The zero-order valence-electron chi connectivity index (χ0n) is 13.8. The number of hydrogen-bond acceptors (Lipinski definition) is 6. The van der Waals surface area contributed by atoms with Gasteiger partial charge < -0.3 is 9.47 Å². The molecule has 1 aromatic carbocycles. The Kier molecular flexibility index (Phi) is 6.31. The van der Waals surface area contributed by atoms with E-state index < -0.39 is 11.9 Å². The van der Waals surface area contributed by atoms with Crippen LogP contribution in [-0.4, -0.2) is 23.2 Å². The van der Waals surface area contributed by atoms with Crippen LogP contribution in [0.25, 0.3) is 0 Å². The van der Waals surface area contributed by atoms with Gasteiger partial charge in [0.05, 0.1) is 12.7 Å². The maximum absolute atomic E-state index is 11.2. The molecule has 7 heteroatoms. The summed E-state index contributed by atoms with van der Waals surface area (Å²) in [6.45, 7) is 3.33. The topological polar surface area (TPSA) is 69.4 Å². The highest BCUT2D eigenvalue weighted by Crippen LogP contribution is 2.29. The lowest BCUT2D eigenvalue weighted by Gasteiger charge is -2.10. The summed E-state index contributed by atoms with van der Waals surface area (Å²) < 4.78 is 12.2. The fourth-order valence-electron chi connectivity index (χ4n) is 2.07. The molecule has 0 aliphatic carbocycles. The number of aromatic nitrogens is 2. The van der Waals surface area contributed by atoms with Crippen LogP contribution in [-0.2, 0) is 22.6 Å². The number of ether oxygens (including phenoxy) is 2. The third kappa shape index (κ3) is 5.34. The smallest absolute Gasteiger partial charge is 0.308 e. The van der Waals surface area contributed by atoms with Gasteiger partial charge in [-0.15, -0.1) is 0 Å². The number of rotatable bonds is 6. The van der Waals surface area contributed by atoms with Gasteiger partial charge in [0.15, 0.2) is 11.5 Å². The van der Waals surface area contributed by atoms with Gasteiger partial charge in [-0.05, 0) is 28.9 Å². The van der Waals surface area contributed by atoms with Crippen molar-refractivity contribution in [2.75, 3.05) is 6.26 Å². The van der Waals surface area contributed by atoms with Crippen molar-refractivity contribution in [2.24, 2.45) is 0 Å². The molecule has 24 heavy (non-hydrogen) atoms. The molecule has 0 spiro atoms. The first-order valence-electron chi connectivity index (χ1n) is 7.37. The summed E-state index contributed by atoms with van der Waals surface area (Å²) in [5, 5.41) is 0.967. The molecule has 2 aromatic rings. The van der Waals surface area contributed by atoms with Crippen molar-refractivity contribution in [1.82, 2.24) is 4.98 Å². The second-order valence-electron chi connectivity index (χ2n) is 5.06. The third-order valence-corrected chi connectivity index (χ3v) is 3.78. The molecule has 0 N–H and O–H groups in total. The molecule has 0 aliphatic rings. The van der Waals surface area contributed by atoms with Gasteiger partial charge in [0.2, 0.25) is 5.03 Å². The van der Waals surface area contributed by atoms with Crippen LogP contribution in [0.15, 0.2) is 41.8 Å². The Hall–Kier alpha value is -2.41. The summed E-state index contributed by atoms with van der Waals surface area (Å²) in [6.07, 6.45) is 6.46. The number of carbonyl (C=O) groups is 2. The molecule has 0 radical (unpaired) electrons. The first-order valence-corrected chi connectivity index (χ1v) is 8.59. The van der Waals surface area contributed by atoms with Crippen molar-refractivity contribution in [3.63, 3.8) is 0 Å².